The number of fused-ring (bicyclic) bond motifs is 1. The Kier molecular flexibility index (Phi) is 7.67. The molecular formula is C18H18U2-2. The van der Waals surface area contributed by atoms with Gasteiger partial charge in [0, 0.05) is 62.2 Å². The molecule has 2 aromatic rings. The van der Waals surface area contributed by atoms with Gasteiger partial charge in [-0.1, -0.05) is 61.1 Å². The molecule has 1 aliphatic carbocycles. The van der Waals surface area contributed by atoms with Crippen molar-refractivity contribution in [2.75, 3.05) is 0 Å². The molecule has 3 rings (SSSR count). The van der Waals surface area contributed by atoms with Crippen LogP contribution in [0.5, 0.6) is 0 Å². The average Bonchev–Trinajstić information content (AvgIpc) is 2.37. The van der Waals surface area contributed by atoms with Crippen LogP contribution in [0.2, 0.25) is 0 Å². The van der Waals surface area contributed by atoms with E-state index in [1.54, 1.807) is 0 Å². The van der Waals surface area contributed by atoms with Crippen LogP contribution in [0, 0.1) is 87.2 Å². The molecule has 100 valence electrons. The summed E-state index contributed by atoms with van der Waals surface area (Å²) in [5, 5.41) is 0. The monoisotopic (exact) mass is 710 g/mol. The summed E-state index contributed by atoms with van der Waals surface area (Å²) >= 11 is 0. The van der Waals surface area contributed by atoms with Crippen molar-refractivity contribution in [1.82, 2.24) is 0 Å². The minimum absolute atomic E-state index is 0. The van der Waals surface area contributed by atoms with Crippen molar-refractivity contribution >= 4 is 0 Å². The number of benzene rings is 2. The molecule has 2 atom stereocenters. The quantitative estimate of drug-likeness (QED) is 0.388. The van der Waals surface area contributed by atoms with E-state index in [0.29, 0.717) is 5.92 Å². The molecule has 1 aliphatic rings. The zero-order valence-corrected chi connectivity index (χ0v) is 20.4. The molecule has 0 N–H and O–H groups in total. The van der Waals surface area contributed by atoms with Crippen molar-refractivity contribution in [2.45, 2.75) is 32.6 Å². The van der Waals surface area contributed by atoms with Gasteiger partial charge in [0.15, 0.2) is 0 Å². The third-order valence-corrected chi connectivity index (χ3v) is 3.93. The van der Waals surface area contributed by atoms with E-state index in [1.165, 1.54) is 28.7 Å². The van der Waals surface area contributed by atoms with Gasteiger partial charge in [-0.3, -0.25) is 17.2 Å². The predicted molar refractivity (Wildman–Crippen MR) is 74.6 cm³/mol. The molecule has 0 aromatic heterocycles. The molecule has 0 fully saturated rings. The first-order chi connectivity index (χ1) is 8.74. The SMILES string of the molecule is Cc1cccc([C@@H]2CC(C)Cc3[c-]c[c-]cc32)c1.[U].[U]. The van der Waals surface area contributed by atoms with Crippen LogP contribution in [0.15, 0.2) is 36.4 Å². The van der Waals surface area contributed by atoms with Crippen molar-refractivity contribution in [3.8, 4) is 0 Å². The Labute approximate surface area is 169 Å². The van der Waals surface area contributed by atoms with Gasteiger partial charge < -0.3 is 18.2 Å². The van der Waals surface area contributed by atoms with Gasteiger partial charge >= 0.3 is 0 Å². The predicted octanol–water partition coefficient (Wildman–Crippen LogP) is 4.31. The van der Waals surface area contributed by atoms with Crippen LogP contribution in [0.1, 0.15) is 41.5 Å². The van der Waals surface area contributed by atoms with E-state index >= 15 is 0 Å². The van der Waals surface area contributed by atoms with Crippen LogP contribution in [-0.4, -0.2) is 0 Å². The molecule has 0 saturated heterocycles. The molecule has 0 spiro atoms. The van der Waals surface area contributed by atoms with Crippen molar-refractivity contribution < 1.29 is 62.2 Å². The summed E-state index contributed by atoms with van der Waals surface area (Å²) in [6, 6.07) is 19.6. The molecule has 0 saturated carbocycles. The molecule has 1 unspecified atom stereocenters. The Morgan fingerprint density at radius 1 is 1.20 bits per heavy atom. The second-order valence-electron chi connectivity index (χ2n) is 5.55. The van der Waals surface area contributed by atoms with Gasteiger partial charge in [0.2, 0.25) is 0 Å². The minimum atomic E-state index is 0. The Morgan fingerprint density at radius 3 is 2.75 bits per heavy atom. The van der Waals surface area contributed by atoms with E-state index in [0.717, 1.165) is 12.3 Å². The Morgan fingerprint density at radius 2 is 2.00 bits per heavy atom. The largest absolute Gasteiger partial charge is 0.359 e. The molecule has 0 heterocycles. The summed E-state index contributed by atoms with van der Waals surface area (Å²) in [6.45, 7) is 4.51. The van der Waals surface area contributed by atoms with Crippen molar-refractivity contribution in [1.29, 1.82) is 0 Å². The third kappa shape index (κ3) is 4.05. The summed E-state index contributed by atoms with van der Waals surface area (Å²) in [7, 11) is 0. The molecule has 0 bridgehead atoms. The molecule has 0 aliphatic heterocycles. The van der Waals surface area contributed by atoms with Crippen LogP contribution in [0.25, 0.3) is 0 Å². The Balaban J connectivity index is 0.000001000. The fourth-order valence-electron chi connectivity index (χ4n) is 3.08. The maximum Gasteiger partial charge on any atom is 0 e. The van der Waals surface area contributed by atoms with Crippen LogP contribution in [-0.2, 0) is 6.42 Å². The second-order valence-corrected chi connectivity index (χ2v) is 5.55. The maximum absolute atomic E-state index is 3.38. The second kappa shape index (κ2) is 8.25. The molecule has 0 amide bonds. The minimum Gasteiger partial charge on any atom is -0.359 e. The third-order valence-electron chi connectivity index (χ3n) is 3.93. The van der Waals surface area contributed by atoms with Gasteiger partial charge in [-0.25, -0.2) is 0 Å². The number of aryl methyl sites for hydroxylation is 1. The van der Waals surface area contributed by atoms with E-state index in [2.05, 4.69) is 56.3 Å². The Bertz CT molecular complexity index is 563. The van der Waals surface area contributed by atoms with Gasteiger partial charge in [0.1, 0.15) is 0 Å². The van der Waals surface area contributed by atoms with Crippen LogP contribution in [0.3, 0.4) is 0 Å². The van der Waals surface area contributed by atoms with Crippen LogP contribution < -0.4 is 0 Å². The standard InChI is InChI=1S/C18H18.2U/c1-13-6-5-8-16(10-13)18-12-14(2)11-15-7-3-4-9-17(15)18;;/h3,5-6,8-10,14,18H,11-12H2,1-2H3;;/q-2;;/t14?,18-;;/m0../s1. The molecule has 0 nitrogen and oxygen atoms in total. The van der Waals surface area contributed by atoms with Gasteiger partial charge in [-0.15, -0.1) is 0 Å². The van der Waals surface area contributed by atoms with E-state index in [9.17, 15) is 0 Å². The average molecular weight is 710 g/mol. The van der Waals surface area contributed by atoms with E-state index < -0.39 is 0 Å². The van der Waals surface area contributed by atoms with Crippen molar-refractivity contribution in [3.63, 3.8) is 0 Å². The van der Waals surface area contributed by atoms with Gasteiger partial charge in [-0.05, 0) is 12.8 Å². The van der Waals surface area contributed by atoms with Crippen molar-refractivity contribution in [2.24, 2.45) is 5.92 Å². The maximum atomic E-state index is 3.38. The van der Waals surface area contributed by atoms with Crippen LogP contribution >= 0.6 is 0 Å². The van der Waals surface area contributed by atoms with Crippen molar-refractivity contribution in [3.05, 3.63) is 70.8 Å². The summed E-state index contributed by atoms with van der Waals surface area (Å²) in [4.78, 5) is 0. The fraction of sp³-hybridized carbons (Fsp3) is 0.333. The van der Waals surface area contributed by atoms with Gasteiger partial charge in [-0.2, -0.15) is 0 Å². The van der Waals surface area contributed by atoms with Crippen LogP contribution in [0.4, 0.5) is 0 Å². The normalized spacial score (nSPS) is 20.3. The Hall–Kier alpha value is 0.544. The van der Waals surface area contributed by atoms with Gasteiger partial charge in [0.25, 0.3) is 0 Å². The molecule has 20 heavy (non-hydrogen) atoms. The first kappa shape index (κ1) is 18.6. The summed E-state index contributed by atoms with van der Waals surface area (Å²) in [6.07, 6.45) is 2.40. The van der Waals surface area contributed by atoms with Gasteiger partial charge in [0.05, 0.1) is 0 Å². The number of hydrogen-bond acceptors (Lipinski definition) is 0. The summed E-state index contributed by atoms with van der Waals surface area (Å²) < 4.78 is 0. The summed E-state index contributed by atoms with van der Waals surface area (Å²) in [5.74, 6) is 1.26. The fourth-order valence-corrected chi connectivity index (χ4v) is 3.08. The van der Waals surface area contributed by atoms with E-state index in [4.69, 9.17) is 0 Å². The first-order valence-corrected chi connectivity index (χ1v) is 6.71. The number of rotatable bonds is 1. The topological polar surface area (TPSA) is 0 Å². The zero-order valence-electron chi connectivity index (χ0n) is 12.0. The smallest absolute Gasteiger partial charge is 0 e. The summed E-state index contributed by atoms with van der Waals surface area (Å²) in [5.41, 5.74) is 5.60. The molecule has 2 heteroatoms. The molecule has 2 aromatic carbocycles. The molecule has 0 radical (unpaired) electrons. The zero-order chi connectivity index (χ0) is 12.5. The van der Waals surface area contributed by atoms with E-state index in [1.807, 2.05) is 6.07 Å². The first-order valence-electron chi connectivity index (χ1n) is 6.71. The number of hydrogen-bond donors (Lipinski definition) is 0. The molecular weight excluding hydrogens is 692 g/mol. The van der Waals surface area contributed by atoms with E-state index in [-0.39, 0.29) is 62.2 Å².